The van der Waals surface area contributed by atoms with Crippen molar-refractivity contribution in [3.8, 4) is 6.07 Å². The number of hydrogen-bond acceptors (Lipinski definition) is 3. The molecule has 1 N–H and O–H groups in total. The van der Waals surface area contributed by atoms with Crippen molar-refractivity contribution in [1.29, 1.82) is 5.26 Å². The van der Waals surface area contributed by atoms with Crippen LogP contribution in [0.3, 0.4) is 0 Å². The summed E-state index contributed by atoms with van der Waals surface area (Å²) < 4.78 is 0.892. The van der Waals surface area contributed by atoms with E-state index in [1.807, 2.05) is 6.92 Å². The third kappa shape index (κ3) is 2.78. The van der Waals surface area contributed by atoms with Crippen molar-refractivity contribution < 1.29 is 0 Å². The lowest BCUT2D eigenvalue weighted by Crippen LogP contribution is -2.23. The van der Waals surface area contributed by atoms with Crippen LogP contribution in [0.5, 0.6) is 0 Å². The fraction of sp³-hybridized carbons (Fsp3) is 0.538. The molecule has 4 heteroatoms. The molecular weight excluding hydrogens is 278 g/mol. The van der Waals surface area contributed by atoms with Crippen LogP contribution >= 0.6 is 15.9 Å². The van der Waals surface area contributed by atoms with E-state index in [-0.39, 0.29) is 0 Å². The van der Waals surface area contributed by atoms with Gasteiger partial charge in [-0.05, 0) is 41.3 Å². The lowest BCUT2D eigenvalue weighted by molar-refractivity contribution is 0.462. The number of nitriles is 1. The number of nitrogens with zero attached hydrogens (tertiary/aromatic N) is 2. The Bertz CT molecular complexity index is 445. The molecule has 0 unspecified atom stereocenters. The Morgan fingerprint density at radius 1 is 1.41 bits per heavy atom. The molecule has 0 aromatic carbocycles. The maximum absolute atomic E-state index is 9.20. The van der Waals surface area contributed by atoms with Crippen LogP contribution in [0.2, 0.25) is 0 Å². The zero-order chi connectivity index (χ0) is 12.3. The van der Waals surface area contributed by atoms with Crippen LogP contribution in [0.1, 0.15) is 43.2 Å². The van der Waals surface area contributed by atoms with Gasteiger partial charge in [-0.2, -0.15) is 5.26 Å². The zero-order valence-corrected chi connectivity index (χ0v) is 11.5. The lowest BCUT2D eigenvalue weighted by Gasteiger charge is -2.24. The van der Waals surface area contributed by atoms with Crippen LogP contribution in [0.25, 0.3) is 0 Å². The quantitative estimate of drug-likeness (QED) is 0.903. The van der Waals surface area contributed by atoms with E-state index < -0.39 is 0 Å². The Labute approximate surface area is 110 Å². The first kappa shape index (κ1) is 12.4. The molecular formula is C13H16BrN3. The van der Waals surface area contributed by atoms with Crippen molar-refractivity contribution >= 4 is 21.7 Å². The summed E-state index contributed by atoms with van der Waals surface area (Å²) in [5.41, 5.74) is 1.62. The lowest BCUT2D eigenvalue weighted by atomic mass is 9.95. The molecule has 0 radical (unpaired) electrons. The molecule has 3 nitrogen and oxygen atoms in total. The molecule has 17 heavy (non-hydrogen) atoms. The molecule has 1 aromatic heterocycles. The highest BCUT2D eigenvalue weighted by Gasteiger charge is 2.16. The molecule has 0 saturated heterocycles. The molecule has 0 aliphatic heterocycles. The molecule has 1 aliphatic rings. The van der Waals surface area contributed by atoms with Gasteiger partial charge in [0, 0.05) is 16.7 Å². The Hall–Kier alpha value is -1.08. The van der Waals surface area contributed by atoms with Gasteiger partial charge in [0.1, 0.15) is 11.9 Å². The molecule has 2 rings (SSSR count). The fourth-order valence-corrected chi connectivity index (χ4v) is 2.57. The van der Waals surface area contributed by atoms with Crippen molar-refractivity contribution in [2.75, 3.05) is 5.32 Å². The zero-order valence-electron chi connectivity index (χ0n) is 9.96. The van der Waals surface area contributed by atoms with Crippen LogP contribution in [0.4, 0.5) is 5.82 Å². The number of pyridine rings is 1. The van der Waals surface area contributed by atoms with Crippen LogP contribution < -0.4 is 5.32 Å². The fourth-order valence-electron chi connectivity index (χ4n) is 2.27. The van der Waals surface area contributed by atoms with E-state index in [0.717, 1.165) is 15.9 Å². The normalized spacial score (nSPS) is 16.5. The van der Waals surface area contributed by atoms with Crippen LogP contribution in [0, 0.1) is 18.3 Å². The van der Waals surface area contributed by atoms with Crippen LogP contribution in [0.15, 0.2) is 10.7 Å². The van der Waals surface area contributed by atoms with Gasteiger partial charge in [0.15, 0.2) is 0 Å². The predicted octanol–water partition coefficient (Wildman–Crippen LogP) is 3.77. The van der Waals surface area contributed by atoms with E-state index in [1.54, 1.807) is 6.20 Å². The minimum Gasteiger partial charge on any atom is -0.366 e. The second kappa shape index (κ2) is 5.50. The Kier molecular flexibility index (Phi) is 4.01. The van der Waals surface area contributed by atoms with Gasteiger partial charge in [0.25, 0.3) is 0 Å². The van der Waals surface area contributed by atoms with Crippen molar-refractivity contribution in [3.05, 3.63) is 21.8 Å². The molecule has 1 heterocycles. The van der Waals surface area contributed by atoms with E-state index in [4.69, 9.17) is 0 Å². The molecule has 1 saturated carbocycles. The van der Waals surface area contributed by atoms with Gasteiger partial charge in [-0.3, -0.25) is 0 Å². The number of aromatic nitrogens is 1. The number of nitrogens with one attached hydrogen (secondary N) is 1. The number of hydrogen-bond donors (Lipinski definition) is 1. The molecule has 1 fully saturated rings. The van der Waals surface area contributed by atoms with E-state index >= 15 is 0 Å². The minimum absolute atomic E-state index is 0.476. The molecule has 1 aliphatic carbocycles. The van der Waals surface area contributed by atoms with E-state index in [9.17, 15) is 5.26 Å². The number of halogens is 1. The highest BCUT2D eigenvalue weighted by atomic mass is 79.9. The average molecular weight is 294 g/mol. The first-order valence-electron chi connectivity index (χ1n) is 6.04. The maximum atomic E-state index is 9.20. The Balaban J connectivity index is 2.20. The second-order valence-electron chi connectivity index (χ2n) is 4.55. The summed E-state index contributed by atoms with van der Waals surface area (Å²) >= 11 is 3.40. The Morgan fingerprint density at radius 3 is 2.76 bits per heavy atom. The summed E-state index contributed by atoms with van der Waals surface area (Å²) in [5, 5.41) is 12.6. The smallest absolute Gasteiger partial charge is 0.144 e. The Morgan fingerprint density at radius 2 is 2.12 bits per heavy atom. The van der Waals surface area contributed by atoms with E-state index in [2.05, 4.69) is 32.3 Å². The highest BCUT2D eigenvalue weighted by Crippen LogP contribution is 2.26. The average Bonchev–Trinajstić information content (AvgIpc) is 2.36. The second-order valence-corrected chi connectivity index (χ2v) is 5.40. The third-order valence-corrected chi connectivity index (χ3v) is 4.13. The van der Waals surface area contributed by atoms with Gasteiger partial charge < -0.3 is 5.32 Å². The third-order valence-electron chi connectivity index (χ3n) is 3.33. The van der Waals surface area contributed by atoms with Gasteiger partial charge in [0.2, 0.25) is 0 Å². The van der Waals surface area contributed by atoms with Gasteiger partial charge in [-0.25, -0.2) is 4.98 Å². The predicted molar refractivity (Wildman–Crippen MR) is 71.9 cm³/mol. The highest BCUT2D eigenvalue weighted by molar-refractivity contribution is 9.10. The largest absolute Gasteiger partial charge is 0.366 e. The summed E-state index contributed by atoms with van der Waals surface area (Å²) in [6.45, 7) is 1.94. The summed E-state index contributed by atoms with van der Waals surface area (Å²) in [4.78, 5) is 4.32. The summed E-state index contributed by atoms with van der Waals surface area (Å²) in [6, 6.07) is 2.72. The standard InChI is InChI=1S/C13H16BrN3/c1-9-11(7-15)13(16-8-12(9)14)17-10-5-3-2-4-6-10/h8,10H,2-6H2,1H3,(H,16,17). The summed E-state index contributed by atoms with van der Waals surface area (Å²) in [6.07, 6.45) is 8.00. The van der Waals surface area contributed by atoms with Gasteiger partial charge in [-0.15, -0.1) is 0 Å². The first-order valence-corrected chi connectivity index (χ1v) is 6.83. The summed E-state index contributed by atoms with van der Waals surface area (Å²) in [5.74, 6) is 0.736. The van der Waals surface area contributed by atoms with Gasteiger partial charge in [0.05, 0.1) is 5.56 Å². The van der Waals surface area contributed by atoms with Gasteiger partial charge >= 0.3 is 0 Å². The topological polar surface area (TPSA) is 48.7 Å². The molecule has 0 atom stereocenters. The number of rotatable bonds is 2. The molecule has 90 valence electrons. The van der Waals surface area contributed by atoms with Crippen LogP contribution in [-0.2, 0) is 0 Å². The van der Waals surface area contributed by atoms with Gasteiger partial charge in [-0.1, -0.05) is 19.3 Å². The van der Waals surface area contributed by atoms with Crippen molar-refractivity contribution in [1.82, 2.24) is 4.98 Å². The molecule has 0 spiro atoms. The van der Waals surface area contributed by atoms with E-state index in [1.165, 1.54) is 32.1 Å². The summed E-state index contributed by atoms with van der Waals surface area (Å²) in [7, 11) is 0. The molecule has 0 bridgehead atoms. The van der Waals surface area contributed by atoms with E-state index in [0.29, 0.717) is 11.6 Å². The molecule has 1 aromatic rings. The minimum atomic E-state index is 0.476. The van der Waals surface area contributed by atoms with Crippen LogP contribution in [-0.4, -0.2) is 11.0 Å². The van der Waals surface area contributed by atoms with Crippen molar-refractivity contribution in [2.45, 2.75) is 45.1 Å². The monoisotopic (exact) mass is 293 g/mol. The molecule has 0 amide bonds. The van der Waals surface area contributed by atoms with Crippen molar-refractivity contribution in [2.24, 2.45) is 0 Å². The first-order chi connectivity index (χ1) is 8.22. The van der Waals surface area contributed by atoms with Crippen molar-refractivity contribution in [3.63, 3.8) is 0 Å². The maximum Gasteiger partial charge on any atom is 0.144 e. The number of anilines is 1. The SMILES string of the molecule is Cc1c(Br)cnc(NC2CCCCC2)c1C#N.